The molecule has 1 atom stereocenters. The van der Waals surface area contributed by atoms with Gasteiger partial charge in [0.15, 0.2) is 0 Å². The van der Waals surface area contributed by atoms with Gasteiger partial charge < -0.3 is 10.6 Å². The smallest absolute Gasteiger partial charge is 0.255 e. The Labute approximate surface area is 148 Å². The van der Waals surface area contributed by atoms with Crippen LogP contribution in [0.2, 0.25) is 0 Å². The zero-order valence-corrected chi connectivity index (χ0v) is 14.8. The summed E-state index contributed by atoms with van der Waals surface area (Å²) in [5.74, 6) is 0.311. The molecule has 2 aromatic rings. The molecule has 2 N–H and O–H groups in total. The molecule has 2 aromatic carbocycles. The lowest BCUT2D eigenvalue weighted by molar-refractivity contribution is -0.116. The molecule has 1 heterocycles. The number of benzene rings is 2. The molecule has 4 heteroatoms. The summed E-state index contributed by atoms with van der Waals surface area (Å²) >= 11 is 0. The molecule has 3 rings (SSSR count). The Balaban J connectivity index is 1.83. The van der Waals surface area contributed by atoms with Crippen molar-refractivity contribution < 1.29 is 9.59 Å². The summed E-state index contributed by atoms with van der Waals surface area (Å²) < 4.78 is 0. The second-order valence-electron chi connectivity index (χ2n) is 6.62. The third-order valence-corrected chi connectivity index (χ3v) is 4.84. The van der Waals surface area contributed by atoms with Crippen LogP contribution < -0.4 is 10.6 Å². The zero-order chi connectivity index (χ0) is 17.8. The van der Waals surface area contributed by atoms with Crippen LogP contribution in [-0.4, -0.2) is 11.8 Å². The molecular weight excluding hydrogens is 312 g/mol. The number of carbonyl (C=O) groups is 2. The SMILES string of the molecule is CCC(C)c1ccccc1NC(=O)c1ccc2c(c1)CCCC(=O)N2. The molecule has 25 heavy (non-hydrogen) atoms. The topological polar surface area (TPSA) is 58.2 Å². The standard InChI is InChI=1S/C21H24N2O2/c1-3-14(2)17-8-4-5-9-19(17)23-21(25)16-11-12-18-15(13-16)7-6-10-20(24)22-18/h4-5,8-9,11-14H,3,6-7,10H2,1-2H3,(H,22,24)(H,23,25). The van der Waals surface area contributed by atoms with Crippen molar-refractivity contribution in [2.24, 2.45) is 0 Å². The fourth-order valence-electron chi connectivity index (χ4n) is 3.17. The predicted molar refractivity (Wildman–Crippen MR) is 101 cm³/mol. The fourth-order valence-corrected chi connectivity index (χ4v) is 3.17. The molecule has 0 fully saturated rings. The van der Waals surface area contributed by atoms with E-state index in [1.54, 1.807) is 6.07 Å². The van der Waals surface area contributed by atoms with Crippen LogP contribution >= 0.6 is 0 Å². The summed E-state index contributed by atoms with van der Waals surface area (Å²) in [5.41, 5.74) is 4.48. The van der Waals surface area contributed by atoms with Crippen molar-refractivity contribution in [1.29, 1.82) is 0 Å². The number of carbonyl (C=O) groups excluding carboxylic acids is 2. The van der Waals surface area contributed by atoms with E-state index in [9.17, 15) is 9.59 Å². The Morgan fingerprint density at radius 1 is 1.20 bits per heavy atom. The van der Waals surface area contributed by atoms with Crippen LogP contribution in [0, 0.1) is 0 Å². The van der Waals surface area contributed by atoms with Gasteiger partial charge >= 0.3 is 0 Å². The molecular formula is C21H24N2O2. The molecule has 0 aromatic heterocycles. The summed E-state index contributed by atoms with van der Waals surface area (Å²) in [6.07, 6.45) is 3.16. The Kier molecular flexibility index (Phi) is 5.17. The van der Waals surface area contributed by atoms with Gasteiger partial charge in [0.1, 0.15) is 0 Å². The summed E-state index contributed by atoms with van der Waals surface area (Å²) in [7, 11) is 0. The van der Waals surface area contributed by atoms with Crippen molar-refractivity contribution in [2.45, 2.75) is 45.4 Å². The van der Waals surface area contributed by atoms with E-state index in [4.69, 9.17) is 0 Å². The summed E-state index contributed by atoms with van der Waals surface area (Å²) in [5, 5.41) is 5.95. The number of hydrogen-bond donors (Lipinski definition) is 2. The summed E-state index contributed by atoms with van der Waals surface area (Å²) in [6, 6.07) is 13.4. The van der Waals surface area contributed by atoms with E-state index < -0.39 is 0 Å². The van der Waals surface area contributed by atoms with Gasteiger partial charge in [0.05, 0.1) is 0 Å². The highest BCUT2D eigenvalue weighted by Gasteiger charge is 2.16. The molecule has 130 valence electrons. The lowest BCUT2D eigenvalue weighted by Crippen LogP contribution is -2.15. The molecule has 0 bridgehead atoms. The van der Waals surface area contributed by atoms with Gasteiger partial charge in [-0.05, 0) is 60.6 Å². The number of nitrogens with one attached hydrogen (secondary N) is 2. The summed E-state index contributed by atoms with van der Waals surface area (Å²) in [6.45, 7) is 4.31. The molecule has 0 saturated carbocycles. The highest BCUT2D eigenvalue weighted by Crippen LogP contribution is 2.28. The average molecular weight is 336 g/mol. The fraction of sp³-hybridized carbons (Fsp3) is 0.333. The highest BCUT2D eigenvalue weighted by atomic mass is 16.2. The minimum atomic E-state index is -0.117. The van der Waals surface area contributed by atoms with Crippen LogP contribution in [0.15, 0.2) is 42.5 Å². The number of fused-ring (bicyclic) bond motifs is 1. The number of amides is 2. The molecule has 1 unspecified atom stereocenters. The lowest BCUT2D eigenvalue weighted by Gasteiger charge is -2.16. The van der Waals surface area contributed by atoms with Gasteiger partial charge in [-0.1, -0.05) is 32.0 Å². The van der Waals surface area contributed by atoms with Crippen LogP contribution in [0.3, 0.4) is 0 Å². The second-order valence-corrected chi connectivity index (χ2v) is 6.62. The van der Waals surface area contributed by atoms with Gasteiger partial charge in [0, 0.05) is 23.4 Å². The second kappa shape index (κ2) is 7.51. The van der Waals surface area contributed by atoms with E-state index in [0.717, 1.165) is 41.8 Å². The van der Waals surface area contributed by atoms with E-state index in [2.05, 4.69) is 30.5 Å². The van der Waals surface area contributed by atoms with Gasteiger partial charge in [-0.3, -0.25) is 9.59 Å². The first kappa shape index (κ1) is 17.2. The third kappa shape index (κ3) is 3.90. The Hall–Kier alpha value is -2.62. The number of aryl methyl sites for hydroxylation is 1. The lowest BCUT2D eigenvalue weighted by atomic mass is 9.96. The van der Waals surface area contributed by atoms with Crippen molar-refractivity contribution in [3.05, 3.63) is 59.2 Å². The Morgan fingerprint density at radius 3 is 2.80 bits per heavy atom. The van der Waals surface area contributed by atoms with E-state index in [-0.39, 0.29) is 11.8 Å². The first-order chi connectivity index (χ1) is 12.1. The molecule has 0 aliphatic carbocycles. The molecule has 1 aliphatic heterocycles. The first-order valence-corrected chi connectivity index (χ1v) is 8.91. The molecule has 0 saturated heterocycles. The molecule has 4 nitrogen and oxygen atoms in total. The van der Waals surface area contributed by atoms with Gasteiger partial charge in [0.25, 0.3) is 5.91 Å². The number of para-hydroxylation sites is 1. The first-order valence-electron chi connectivity index (χ1n) is 8.91. The van der Waals surface area contributed by atoms with Gasteiger partial charge in [0.2, 0.25) is 5.91 Å². The molecule has 0 radical (unpaired) electrons. The summed E-state index contributed by atoms with van der Waals surface area (Å²) in [4.78, 5) is 24.4. The third-order valence-electron chi connectivity index (χ3n) is 4.84. The van der Waals surface area contributed by atoms with E-state index in [1.165, 1.54) is 0 Å². The molecule has 0 spiro atoms. The average Bonchev–Trinajstić information content (AvgIpc) is 2.81. The van der Waals surface area contributed by atoms with Crippen molar-refractivity contribution in [3.8, 4) is 0 Å². The molecule has 1 aliphatic rings. The van der Waals surface area contributed by atoms with Crippen LogP contribution in [0.1, 0.15) is 60.5 Å². The van der Waals surface area contributed by atoms with Crippen LogP contribution in [0.5, 0.6) is 0 Å². The van der Waals surface area contributed by atoms with Crippen molar-refractivity contribution in [1.82, 2.24) is 0 Å². The Bertz CT molecular complexity index is 798. The minimum absolute atomic E-state index is 0.0402. The van der Waals surface area contributed by atoms with Crippen LogP contribution in [-0.2, 0) is 11.2 Å². The largest absolute Gasteiger partial charge is 0.326 e. The van der Waals surface area contributed by atoms with Gasteiger partial charge in [-0.2, -0.15) is 0 Å². The van der Waals surface area contributed by atoms with Crippen LogP contribution in [0.25, 0.3) is 0 Å². The maximum absolute atomic E-state index is 12.7. The number of rotatable bonds is 4. The van der Waals surface area contributed by atoms with E-state index in [0.29, 0.717) is 17.9 Å². The minimum Gasteiger partial charge on any atom is -0.326 e. The number of hydrogen-bond acceptors (Lipinski definition) is 2. The molecule has 2 amide bonds. The van der Waals surface area contributed by atoms with E-state index in [1.807, 2.05) is 30.3 Å². The highest BCUT2D eigenvalue weighted by molar-refractivity contribution is 6.05. The maximum Gasteiger partial charge on any atom is 0.255 e. The monoisotopic (exact) mass is 336 g/mol. The predicted octanol–water partition coefficient (Wildman–Crippen LogP) is 4.73. The van der Waals surface area contributed by atoms with Gasteiger partial charge in [-0.25, -0.2) is 0 Å². The maximum atomic E-state index is 12.7. The normalized spacial score (nSPS) is 14.9. The van der Waals surface area contributed by atoms with Crippen molar-refractivity contribution in [2.75, 3.05) is 10.6 Å². The van der Waals surface area contributed by atoms with E-state index >= 15 is 0 Å². The van der Waals surface area contributed by atoms with Gasteiger partial charge in [-0.15, -0.1) is 0 Å². The van der Waals surface area contributed by atoms with Crippen molar-refractivity contribution in [3.63, 3.8) is 0 Å². The number of anilines is 2. The van der Waals surface area contributed by atoms with Crippen molar-refractivity contribution >= 4 is 23.2 Å². The van der Waals surface area contributed by atoms with Crippen LogP contribution in [0.4, 0.5) is 11.4 Å². The Morgan fingerprint density at radius 2 is 2.00 bits per heavy atom. The quantitative estimate of drug-likeness (QED) is 0.848. The zero-order valence-electron chi connectivity index (χ0n) is 14.8.